The van der Waals surface area contributed by atoms with Gasteiger partial charge < -0.3 is 44.0 Å². The molecule has 2 aliphatic rings. The lowest BCUT2D eigenvalue weighted by Gasteiger charge is -2.25. The molecule has 2 aliphatic heterocycles. The number of carbonyl (C=O) groups is 1. The first-order valence-electron chi connectivity index (χ1n) is 11.4. The summed E-state index contributed by atoms with van der Waals surface area (Å²) in [7, 11) is -3.39. The zero-order chi connectivity index (χ0) is 25.5. The van der Waals surface area contributed by atoms with Crippen molar-refractivity contribution < 1.29 is 37.4 Å². The van der Waals surface area contributed by atoms with E-state index < -0.39 is 43.8 Å². The van der Waals surface area contributed by atoms with Crippen LogP contribution in [0.1, 0.15) is 50.1 Å². The SMILES string of the molecule is CCOP(=O)(COC[C@H]1O[C@@H](n2cc(C(N)=O)c3c(N)nc(C)nc32)[C@@H]2OC(C)(C)O[C@@H]21)OCC. The van der Waals surface area contributed by atoms with Crippen molar-refractivity contribution in [3.63, 3.8) is 0 Å². The Labute approximate surface area is 202 Å². The molecule has 0 saturated carbocycles. The molecule has 4 heterocycles. The number of hydrogen-bond acceptors (Lipinski definition) is 11. The highest BCUT2D eigenvalue weighted by molar-refractivity contribution is 7.53. The summed E-state index contributed by atoms with van der Waals surface area (Å²) in [6, 6.07) is 0. The Bertz CT molecular complexity index is 1140. The van der Waals surface area contributed by atoms with Gasteiger partial charge in [0, 0.05) is 6.20 Å². The van der Waals surface area contributed by atoms with Gasteiger partial charge in [0.2, 0.25) is 0 Å². The van der Waals surface area contributed by atoms with Gasteiger partial charge in [-0.05, 0) is 34.6 Å². The number of nitrogen functional groups attached to an aromatic ring is 1. The fourth-order valence-corrected chi connectivity index (χ4v) is 5.81. The average Bonchev–Trinajstić information content (AvgIpc) is 3.37. The minimum absolute atomic E-state index is 0.0409. The number of amides is 1. The van der Waals surface area contributed by atoms with E-state index in [9.17, 15) is 9.36 Å². The molecule has 0 aliphatic carbocycles. The van der Waals surface area contributed by atoms with E-state index in [1.807, 2.05) is 0 Å². The molecule has 0 bridgehead atoms. The van der Waals surface area contributed by atoms with Crippen molar-refractivity contribution in [2.24, 2.45) is 5.73 Å². The first-order chi connectivity index (χ1) is 16.5. The maximum Gasteiger partial charge on any atom is 0.356 e. The number of nitrogens with two attached hydrogens (primary N) is 2. The van der Waals surface area contributed by atoms with E-state index in [0.29, 0.717) is 16.9 Å². The Hall–Kier alpha value is -2.12. The Kier molecular flexibility index (Phi) is 7.22. The van der Waals surface area contributed by atoms with Crippen LogP contribution in [0.5, 0.6) is 0 Å². The van der Waals surface area contributed by atoms with Gasteiger partial charge in [-0.3, -0.25) is 9.36 Å². The first-order valence-corrected chi connectivity index (χ1v) is 13.1. The van der Waals surface area contributed by atoms with E-state index in [0.717, 1.165) is 0 Å². The topological polar surface area (TPSA) is 172 Å². The fourth-order valence-electron chi connectivity index (χ4n) is 4.47. The summed E-state index contributed by atoms with van der Waals surface area (Å²) in [6.45, 7) is 9.24. The zero-order valence-electron chi connectivity index (χ0n) is 20.4. The van der Waals surface area contributed by atoms with Crippen molar-refractivity contribution >= 4 is 30.4 Å². The molecule has 4 rings (SSSR count). The molecule has 0 aromatic carbocycles. The van der Waals surface area contributed by atoms with Crippen molar-refractivity contribution in [1.82, 2.24) is 14.5 Å². The Morgan fingerprint density at radius 3 is 2.49 bits per heavy atom. The second-order valence-electron chi connectivity index (χ2n) is 8.75. The summed E-state index contributed by atoms with van der Waals surface area (Å²) in [4.78, 5) is 20.8. The molecule has 194 valence electrons. The molecule has 4 N–H and O–H groups in total. The molecule has 0 unspecified atom stereocenters. The third kappa shape index (κ3) is 5.08. The Balaban J connectivity index is 1.63. The summed E-state index contributed by atoms with van der Waals surface area (Å²) >= 11 is 0. The molecule has 2 aromatic rings. The maximum absolute atomic E-state index is 12.7. The van der Waals surface area contributed by atoms with Crippen molar-refractivity contribution in [3.05, 3.63) is 17.6 Å². The lowest BCUT2D eigenvalue weighted by molar-refractivity contribution is -0.201. The van der Waals surface area contributed by atoms with Crippen molar-refractivity contribution in [3.8, 4) is 0 Å². The van der Waals surface area contributed by atoms with Gasteiger partial charge in [0.05, 0.1) is 30.8 Å². The van der Waals surface area contributed by atoms with Crippen LogP contribution in [0, 0.1) is 6.92 Å². The molecule has 2 saturated heterocycles. The normalized spacial score (nSPS) is 25.9. The summed E-state index contributed by atoms with van der Waals surface area (Å²) < 4.78 is 49.2. The zero-order valence-corrected chi connectivity index (χ0v) is 21.3. The van der Waals surface area contributed by atoms with E-state index in [4.69, 9.17) is 39.5 Å². The predicted molar refractivity (Wildman–Crippen MR) is 125 cm³/mol. The molecule has 2 fully saturated rings. The molecule has 14 heteroatoms. The molecule has 0 spiro atoms. The van der Waals surface area contributed by atoms with Gasteiger partial charge in [-0.15, -0.1) is 0 Å². The number of nitrogens with zero attached hydrogens (tertiary/aromatic N) is 3. The number of primary amides is 1. The van der Waals surface area contributed by atoms with Gasteiger partial charge >= 0.3 is 7.60 Å². The largest absolute Gasteiger partial charge is 0.383 e. The van der Waals surface area contributed by atoms with E-state index in [1.165, 1.54) is 6.20 Å². The third-order valence-electron chi connectivity index (χ3n) is 5.66. The number of hydrogen-bond donors (Lipinski definition) is 2. The van der Waals surface area contributed by atoms with Crippen molar-refractivity contribution in [2.45, 2.75) is 64.9 Å². The number of aromatic nitrogens is 3. The van der Waals surface area contributed by atoms with Crippen LogP contribution in [0.25, 0.3) is 11.0 Å². The summed E-state index contributed by atoms with van der Waals surface area (Å²) in [5, 5.41) is 0.343. The molecule has 1 amide bonds. The van der Waals surface area contributed by atoms with Crippen molar-refractivity contribution in [2.75, 3.05) is 31.9 Å². The van der Waals surface area contributed by atoms with Gasteiger partial charge in [-0.2, -0.15) is 0 Å². The highest BCUT2D eigenvalue weighted by Gasteiger charge is 2.56. The predicted octanol–water partition coefficient (Wildman–Crippen LogP) is 2.08. The van der Waals surface area contributed by atoms with Gasteiger partial charge in [0.25, 0.3) is 5.91 Å². The van der Waals surface area contributed by atoms with E-state index in [2.05, 4.69) is 9.97 Å². The van der Waals surface area contributed by atoms with Crippen LogP contribution in [0.2, 0.25) is 0 Å². The highest BCUT2D eigenvalue weighted by atomic mass is 31.2. The second kappa shape index (κ2) is 9.74. The van der Waals surface area contributed by atoms with E-state index in [-0.39, 0.29) is 37.5 Å². The monoisotopic (exact) mass is 513 g/mol. The van der Waals surface area contributed by atoms with Gasteiger partial charge in [0.15, 0.2) is 12.0 Å². The van der Waals surface area contributed by atoms with Crippen LogP contribution >= 0.6 is 7.60 Å². The minimum Gasteiger partial charge on any atom is -0.383 e. The summed E-state index contributed by atoms with van der Waals surface area (Å²) in [5.74, 6) is -0.998. The van der Waals surface area contributed by atoms with Gasteiger partial charge in [0.1, 0.15) is 41.9 Å². The molecule has 4 atom stereocenters. The Morgan fingerprint density at radius 2 is 1.86 bits per heavy atom. The fraction of sp³-hybridized carbons (Fsp3) is 0.667. The summed E-state index contributed by atoms with van der Waals surface area (Å²) in [6.07, 6.45) is -1.08. The van der Waals surface area contributed by atoms with Crippen LogP contribution in [0.4, 0.5) is 5.82 Å². The van der Waals surface area contributed by atoms with Crippen LogP contribution < -0.4 is 11.5 Å². The standard InChI is InChI=1S/C21H32N5O8P/c1-6-30-35(28,31-7-2)10-29-9-13-15-16(34-21(4,5)33-15)20(32-13)26-8-12(18(23)27)14-17(22)24-11(3)25-19(14)26/h8,13,15-16,20H,6-7,9-10H2,1-5H3,(H2,23,27)(H2,22,24,25)/t13-,15-,16-,20-/m1/s1. The van der Waals surface area contributed by atoms with Crippen LogP contribution in [0.3, 0.4) is 0 Å². The lowest BCUT2D eigenvalue weighted by Crippen LogP contribution is -2.33. The maximum atomic E-state index is 12.7. The highest BCUT2D eigenvalue weighted by Crippen LogP contribution is 2.49. The number of ether oxygens (including phenoxy) is 4. The van der Waals surface area contributed by atoms with E-state index in [1.54, 1.807) is 39.2 Å². The molecule has 35 heavy (non-hydrogen) atoms. The van der Waals surface area contributed by atoms with Crippen LogP contribution in [-0.2, 0) is 32.6 Å². The second-order valence-corrected chi connectivity index (χ2v) is 10.7. The van der Waals surface area contributed by atoms with Crippen molar-refractivity contribution in [1.29, 1.82) is 0 Å². The lowest BCUT2D eigenvalue weighted by atomic mass is 10.1. The smallest absolute Gasteiger partial charge is 0.356 e. The quantitative estimate of drug-likeness (QED) is 0.445. The van der Waals surface area contributed by atoms with Gasteiger partial charge in [-0.25, -0.2) is 9.97 Å². The molecular weight excluding hydrogens is 481 g/mol. The number of fused-ring (bicyclic) bond motifs is 2. The third-order valence-corrected chi connectivity index (χ3v) is 7.46. The molecular formula is C21H32N5O8P. The average molecular weight is 513 g/mol. The molecule has 13 nitrogen and oxygen atoms in total. The van der Waals surface area contributed by atoms with Crippen LogP contribution in [-0.4, -0.2) is 70.7 Å². The number of anilines is 1. The molecule has 0 radical (unpaired) electrons. The number of aryl methyl sites for hydroxylation is 1. The Morgan fingerprint density at radius 1 is 1.20 bits per heavy atom. The van der Waals surface area contributed by atoms with Gasteiger partial charge in [-0.1, -0.05) is 0 Å². The molecule has 2 aromatic heterocycles. The number of carbonyl (C=O) groups excluding carboxylic acids is 1. The van der Waals surface area contributed by atoms with E-state index >= 15 is 0 Å². The van der Waals surface area contributed by atoms with Crippen LogP contribution in [0.15, 0.2) is 6.20 Å². The number of rotatable bonds is 10. The first kappa shape index (κ1) is 26.0. The summed E-state index contributed by atoms with van der Waals surface area (Å²) in [5.41, 5.74) is 12.3. The minimum atomic E-state index is -3.39.